The lowest BCUT2D eigenvalue weighted by atomic mass is 10.2. The second-order valence-corrected chi connectivity index (χ2v) is 3.19. The molecule has 2 unspecified atom stereocenters. The average Bonchev–Trinajstić information content (AvgIpc) is 2.19. The van der Waals surface area contributed by atoms with Crippen LogP contribution in [0.5, 0.6) is 0 Å². The highest BCUT2D eigenvalue weighted by molar-refractivity contribution is 4.63. The van der Waals surface area contributed by atoms with Gasteiger partial charge in [0.15, 0.2) is 0 Å². The van der Waals surface area contributed by atoms with E-state index in [4.69, 9.17) is 9.47 Å². The number of nitrogens with one attached hydrogen (secondary N) is 1. The van der Waals surface area contributed by atoms with Crippen LogP contribution in [0, 0.1) is 0 Å². The molecule has 0 radical (unpaired) electrons. The summed E-state index contributed by atoms with van der Waals surface area (Å²) in [6.45, 7) is 6.08. The van der Waals surface area contributed by atoms with Gasteiger partial charge in [0, 0.05) is 27.3 Å². The van der Waals surface area contributed by atoms with Crippen molar-refractivity contribution in [3.63, 3.8) is 0 Å². The summed E-state index contributed by atoms with van der Waals surface area (Å²) < 4.78 is 10.5. The topological polar surface area (TPSA) is 30.5 Å². The van der Waals surface area contributed by atoms with E-state index in [0.29, 0.717) is 12.2 Å². The van der Waals surface area contributed by atoms with Gasteiger partial charge in [-0.05, 0) is 12.8 Å². The van der Waals surface area contributed by atoms with E-state index in [1.807, 2.05) is 0 Å². The SMILES string of the molecule is CCC(CNCC(CC)OC)OC. The Balaban J connectivity index is 3.41. The van der Waals surface area contributed by atoms with Gasteiger partial charge in [-0.2, -0.15) is 0 Å². The van der Waals surface area contributed by atoms with Gasteiger partial charge in [0.25, 0.3) is 0 Å². The Kier molecular flexibility index (Phi) is 8.40. The van der Waals surface area contributed by atoms with Gasteiger partial charge in [-0.15, -0.1) is 0 Å². The molecule has 0 amide bonds. The maximum absolute atomic E-state index is 5.25. The minimum Gasteiger partial charge on any atom is -0.380 e. The summed E-state index contributed by atoms with van der Waals surface area (Å²) in [7, 11) is 3.51. The van der Waals surface area contributed by atoms with Crippen LogP contribution in [0.4, 0.5) is 0 Å². The van der Waals surface area contributed by atoms with Crippen molar-refractivity contribution in [1.82, 2.24) is 5.32 Å². The van der Waals surface area contributed by atoms with Crippen molar-refractivity contribution in [3.8, 4) is 0 Å². The van der Waals surface area contributed by atoms with Crippen molar-refractivity contribution in [2.24, 2.45) is 0 Å². The van der Waals surface area contributed by atoms with Crippen molar-refractivity contribution >= 4 is 0 Å². The van der Waals surface area contributed by atoms with Crippen LogP contribution < -0.4 is 5.32 Å². The summed E-state index contributed by atoms with van der Waals surface area (Å²) in [5.74, 6) is 0. The number of rotatable bonds is 8. The summed E-state index contributed by atoms with van der Waals surface area (Å²) in [5.41, 5.74) is 0. The fourth-order valence-electron chi connectivity index (χ4n) is 1.19. The van der Waals surface area contributed by atoms with E-state index in [1.54, 1.807) is 14.2 Å². The standard InChI is InChI=1S/C10H23NO2/c1-5-9(12-3)7-11-8-10(6-2)13-4/h9-11H,5-8H2,1-4H3. The van der Waals surface area contributed by atoms with Gasteiger partial charge in [-0.25, -0.2) is 0 Å². The second-order valence-electron chi connectivity index (χ2n) is 3.19. The Labute approximate surface area is 81.8 Å². The van der Waals surface area contributed by atoms with Crippen LogP contribution in [0.3, 0.4) is 0 Å². The molecular weight excluding hydrogens is 166 g/mol. The van der Waals surface area contributed by atoms with Crippen LogP contribution in [0.25, 0.3) is 0 Å². The Morgan fingerprint density at radius 3 is 1.54 bits per heavy atom. The summed E-state index contributed by atoms with van der Waals surface area (Å²) >= 11 is 0. The molecule has 3 heteroatoms. The Morgan fingerprint density at radius 1 is 0.923 bits per heavy atom. The Morgan fingerprint density at radius 2 is 1.31 bits per heavy atom. The van der Waals surface area contributed by atoms with Gasteiger partial charge in [-0.3, -0.25) is 0 Å². The third kappa shape index (κ3) is 6.02. The third-order valence-corrected chi connectivity index (χ3v) is 2.32. The lowest BCUT2D eigenvalue weighted by Crippen LogP contribution is -2.34. The smallest absolute Gasteiger partial charge is 0.0693 e. The molecule has 1 N–H and O–H groups in total. The van der Waals surface area contributed by atoms with Crippen LogP contribution in [-0.4, -0.2) is 39.5 Å². The van der Waals surface area contributed by atoms with E-state index in [-0.39, 0.29) is 0 Å². The molecule has 0 aliphatic heterocycles. The van der Waals surface area contributed by atoms with Crippen LogP contribution >= 0.6 is 0 Å². The van der Waals surface area contributed by atoms with E-state index >= 15 is 0 Å². The fourth-order valence-corrected chi connectivity index (χ4v) is 1.19. The zero-order valence-corrected chi connectivity index (χ0v) is 9.30. The van der Waals surface area contributed by atoms with E-state index in [9.17, 15) is 0 Å². The summed E-state index contributed by atoms with van der Waals surface area (Å²) in [4.78, 5) is 0. The van der Waals surface area contributed by atoms with E-state index in [2.05, 4.69) is 19.2 Å². The number of hydrogen-bond donors (Lipinski definition) is 1. The maximum Gasteiger partial charge on any atom is 0.0693 e. The third-order valence-electron chi connectivity index (χ3n) is 2.32. The largest absolute Gasteiger partial charge is 0.380 e. The molecule has 0 aromatic heterocycles. The van der Waals surface area contributed by atoms with Gasteiger partial charge < -0.3 is 14.8 Å². The van der Waals surface area contributed by atoms with Crippen LogP contribution in [-0.2, 0) is 9.47 Å². The number of ether oxygens (including phenoxy) is 2. The molecular formula is C10H23NO2. The number of hydrogen-bond acceptors (Lipinski definition) is 3. The maximum atomic E-state index is 5.25. The highest BCUT2D eigenvalue weighted by Crippen LogP contribution is 1.96. The summed E-state index contributed by atoms with van der Waals surface area (Å²) in [6.07, 6.45) is 2.75. The lowest BCUT2D eigenvalue weighted by Gasteiger charge is -2.17. The zero-order valence-electron chi connectivity index (χ0n) is 9.30. The second kappa shape index (κ2) is 8.48. The molecule has 3 nitrogen and oxygen atoms in total. The minimum absolute atomic E-state index is 0.328. The first kappa shape index (κ1) is 12.9. The highest BCUT2D eigenvalue weighted by Gasteiger charge is 2.06. The van der Waals surface area contributed by atoms with Crippen molar-refractivity contribution in [2.45, 2.75) is 38.9 Å². The van der Waals surface area contributed by atoms with Crippen LogP contribution in [0.1, 0.15) is 26.7 Å². The first-order valence-electron chi connectivity index (χ1n) is 5.04. The van der Waals surface area contributed by atoms with Crippen molar-refractivity contribution in [2.75, 3.05) is 27.3 Å². The first-order chi connectivity index (χ1) is 6.28. The van der Waals surface area contributed by atoms with Crippen molar-refractivity contribution in [3.05, 3.63) is 0 Å². The molecule has 0 aliphatic carbocycles. The Bertz CT molecular complexity index is 89.1. The molecule has 0 saturated heterocycles. The summed E-state index contributed by atoms with van der Waals surface area (Å²) in [6, 6.07) is 0. The molecule has 2 atom stereocenters. The molecule has 0 rings (SSSR count). The van der Waals surface area contributed by atoms with Crippen LogP contribution in [0.2, 0.25) is 0 Å². The van der Waals surface area contributed by atoms with Crippen molar-refractivity contribution < 1.29 is 9.47 Å². The quantitative estimate of drug-likeness (QED) is 0.626. The highest BCUT2D eigenvalue weighted by atomic mass is 16.5. The van der Waals surface area contributed by atoms with Gasteiger partial charge in [0.1, 0.15) is 0 Å². The molecule has 0 aromatic carbocycles. The lowest BCUT2D eigenvalue weighted by molar-refractivity contribution is 0.0779. The van der Waals surface area contributed by atoms with Crippen LogP contribution in [0.15, 0.2) is 0 Å². The molecule has 80 valence electrons. The monoisotopic (exact) mass is 189 g/mol. The molecule has 0 spiro atoms. The molecule has 0 heterocycles. The minimum atomic E-state index is 0.328. The number of methoxy groups -OCH3 is 2. The molecule has 13 heavy (non-hydrogen) atoms. The average molecular weight is 189 g/mol. The molecule has 0 fully saturated rings. The molecule has 0 bridgehead atoms. The van der Waals surface area contributed by atoms with E-state index < -0.39 is 0 Å². The van der Waals surface area contributed by atoms with Gasteiger partial charge >= 0.3 is 0 Å². The first-order valence-corrected chi connectivity index (χ1v) is 5.04. The van der Waals surface area contributed by atoms with E-state index in [0.717, 1.165) is 25.9 Å². The predicted octanol–water partition coefficient (Wildman–Crippen LogP) is 1.43. The van der Waals surface area contributed by atoms with Crippen molar-refractivity contribution in [1.29, 1.82) is 0 Å². The van der Waals surface area contributed by atoms with E-state index in [1.165, 1.54) is 0 Å². The molecule has 0 aromatic rings. The van der Waals surface area contributed by atoms with Gasteiger partial charge in [0.05, 0.1) is 12.2 Å². The predicted molar refractivity (Wildman–Crippen MR) is 55.0 cm³/mol. The van der Waals surface area contributed by atoms with Gasteiger partial charge in [0.2, 0.25) is 0 Å². The normalized spacial score (nSPS) is 15.7. The zero-order chi connectivity index (χ0) is 10.1. The van der Waals surface area contributed by atoms with Gasteiger partial charge in [-0.1, -0.05) is 13.8 Å². The molecule has 0 saturated carbocycles. The molecule has 0 aliphatic rings. The fraction of sp³-hybridized carbons (Fsp3) is 1.00. The summed E-state index contributed by atoms with van der Waals surface area (Å²) in [5, 5.41) is 3.34. The Hall–Kier alpha value is -0.120.